The van der Waals surface area contributed by atoms with Crippen LogP contribution in [0.15, 0.2) is 12.3 Å². The second-order valence-corrected chi connectivity index (χ2v) is 3.40. The van der Waals surface area contributed by atoms with Crippen molar-refractivity contribution in [1.29, 1.82) is 0 Å². The summed E-state index contributed by atoms with van der Waals surface area (Å²) in [4.78, 5) is 2.04. The molecule has 0 bridgehead atoms. The first kappa shape index (κ1) is 10.5. The Balaban J connectivity index is 3.14. The number of hydrogen-bond donors (Lipinski definition) is 1. The van der Waals surface area contributed by atoms with Crippen LogP contribution in [0, 0.1) is 5.92 Å². The molecule has 0 aromatic carbocycles. The van der Waals surface area contributed by atoms with E-state index in [1.54, 1.807) is 0 Å². The van der Waals surface area contributed by atoms with E-state index in [1.807, 2.05) is 19.0 Å². The SMILES string of the molecule is CC(C)CNCC=CN(C)C. The molecule has 0 rings (SSSR count). The van der Waals surface area contributed by atoms with Gasteiger partial charge < -0.3 is 10.2 Å². The highest BCUT2D eigenvalue weighted by Crippen LogP contribution is 1.86. The van der Waals surface area contributed by atoms with E-state index < -0.39 is 0 Å². The third kappa shape index (κ3) is 9.50. The molecule has 0 aromatic heterocycles. The number of nitrogens with one attached hydrogen (secondary N) is 1. The summed E-state index contributed by atoms with van der Waals surface area (Å²) in [5.41, 5.74) is 0. The minimum atomic E-state index is 0.739. The van der Waals surface area contributed by atoms with Gasteiger partial charge in [0.15, 0.2) is 0 Å². The Morgan fingerprint density at radius 3 is 2.45 bits per heavy atom. The Labute approximate surface area is 70.3 Å². The van der Waals surface area contributed by atoms with E-state index in [4.69, 9.17) is 0 Å². The molecule has 0 saturated carbocycles. The summed E-state index contributed by atoms with van der Waals surface area (Å²) in [6.07, 6.45) is 4.19. The van der Waals surface area contributed by atoms with E-state index in [2.05, 4.69) is 31.4 Å². The van der Waals surface area contributed by atoms with Crippen LogP contribution < -0.4 is 5.32 Å². The second kappa shape index (κ2) is 6.23. The van der Waals surface area contributed by atoms with Crippen molar-refractivity contribution >= 4 is 0 Å². The van der Waals surface area contributed by atoms with E-state index in [1.165, 1.54) is 0 Å². The Morgan fingerprint density at radius 1 is 1.36 bits per heavy atom. The highest BCUT2D eigenvalue weighted by molar-refractivity contribution is 4.81. The van der Waals surface area contributed by atoms with E-state index in [9.17, 15) is 0 Å². The van der Waals surface area contributed by atoms with Gasteiger partial charge in [0.1, 0.15) is 0 Å². The molecule has 11 heavy (non-hydrogen) atoms. The first-order valence-corrected chi connectivity index (χ1v) is 4.16. The lowest BCUT2D eigenvalue weighted by Gasteiger charge is -2.05. The molecule has 2 nitrogen and oxygen atoms in total. The topological polar surface area (TPSA) is 15.3 Å². The van der Waals surface area contributed by atoms with Gasteiger partial charge in [-0.1, -0.05) is 19.9 Å². The van der Waals surface area contributed by atoms with Gasteiger partial charge in [0.25, 0.3) is 0 Å². The summed E-state index contributed by atoms with van der Waals surface area (Å²) < 4.78 is 0. The van der Waals surface area contributed by atoms with Crippen LogP contribution in [0.25, 0.3) is 0 Å². The highest BCUT2D eigenvalue weighted by Gasteiger charge is 1.88. The number of hydrogen-bond acceptors (Lipinski definition) is 2. The monoisotopic (exact) mass is 156 g/mol. The lowest BCUT2D eigenvalue weighted by molar-refractivity contribution is 0.551. The Morgan fingerprint density at radius 2 is 2.00 bits per heavy atom. The first-order valence-electron chi connectivity index (χ1n) is 4.16. The molecule has 0 saturated heterocycles. The van der Waals surface area contributed by atoms with Crippen molar-refractivity contribution in [2.75, 3.05) is 27.2 Å². The molecule has 1 N–H and O–H groups in total. The van der Waals surface area contributed by atoms with Crippen LogP contribution in [-0.4, -0.2) is 32.1 Å². The number of rotatable bonds is 5. The molecule has 0 aliphatic carbocycles. The Hall–Kier alpha value is -0.500. The first-order chi connectivity index (χ1) is 5.13. The van der Waals surface area contributed by atoms with Gasteiger partial charge in [0, 0.05) is 20.6 Å². The zero-order valence-electron chi connectivity index (χ0n) is 8.09. The van der Waals surface area contributed by atoms with Crippen molar-refractivity contribution in [1.82, 2.24) is 10.2 Å². The molecule has 0 aliphatic heterocycles. The molecule has 0 radical (unpaired) electrons. The predicted molar refractivity (Wildman–Crippen MR) is 50.5 cm³/mol. The van der Waals surface area contributed by atoms with Crippen LogP contribution in [0.4, 0.5) is 0 Å². The van der Waals surface area contributed by atoms with Crippen LogP contribution >= 0.6 is 0 Å². The van der Waals surface area contributed by atoms with Gasteiger partial charge in [-0.05, 0) is 18.7 Å². The largest absolute Gasteiger partial charge is 0.384 e. The van der Waals surface area contributed by atoms with Gasteiger partial charge in [-0.3, -0.25) is 0 Å². The molecule has 2 heteroatoms. The maximum atomic E-state index is 3.33. The van der Waals surface area contributed by atoms with E-state index in [0.717, 1.165) is 19.0 Å². The average molecular weight is 156 g/mol. The smallest absolute Gasteiger partial charge is 0.0152 e. The average Bonchev–Trinajstić information content (AvgIpc) is 1.85. The van der Waals surface area contributed by atoms with Crippen molar-refractivity contribution in [2.45, 2.75) is 13.8 Å². The second-order valence-electron chi connectivity index (χ2n) is 3.40. The lowest BCUT2D eigenvalue weighted by atomic mass is 10.2. The molecule has 0 heterocycles. The summed E-state index contributed by atoms with van der Waals surface area (Å²) in [5, 5.41) is 3.33. The number of nitrogens with zero attached hydrogens (tertiary/aromatic N) is 1. The summed E-state index contributed by atoms with van der Waals surface area (Å²) >= 11 is 0. The molecular formula is C9H20N2. The molecule has 0 amide bonds. The van der Waals surface area contributed by atoms with Gasteiger partial charge in [0.2, 0.25) is 0 Å². The van der Waals surface area contributed by atoms with E-state index in [0.29, 0.717) is 0 Å². The van der Waals surface area contributed by atoms with E-state index >= 15 is 0 Å². The Kier molecular flexibility index (Phi) is 5.94. The molecule has 0 spiro atoms. The van der Waals surface area contributed by atoms with Crippen LogP contribution in [0.2, 0.25) is 0 Å². The summed E-state index contributed by atoms with van der Waals surface area (Å²) in [5.74, 6) is 0.739. The summed E-state index contributed by atoms with van der Waals surface area (Å²) in [6.45, 7) is 6.49. The van der Waals surface area contributed by atoms with Gasteiger partial charge in [-0.15, -0.1) is 0 Å². The zero-order valence-corrected chi connectivity index (χ0v) is 8.09. The van der Waals surface area contributed by atoms with Gasteiger partial charge >= 0.3 is 0 Å². The molecule has 0 aromatic rings. The van der Waals surface area contributed by atoms with Crippen LogP contribution in [0.5, 0.6) is 0 Å². The third-order valence-electron chi connectivity index (χ3n) is 1.22. The zero-order chi connectivity index (χ0) is 8.69. The van der Waals surface area contributed by atoms with Crippen molar-refractivity contribution in [2.24, 2.45) is 5.92 Å². The van der Waals surface area contributed by atoms with E-state index in [-0.39, 0.29) is 0 Å². The normalized spacial score (nSPS) is 11.4. The molecule has 0 unspecified atom stereocenters. The van der Waals surface area contributed by atoms with Crippen molar-refractivity contribution in [3.05, 3.63) is 12.3 Å². The van der Waals surface area contributed by atoms with Gasteiger partial charge in [-0.25, -0.2) is 0 Å². The highest BCUT2D eigenvalue weighted by atomic mass is 15.0. The molecule has 0 fully saturated rings. The van der Waals surface area contributed by atoms with Crippen LogP contribution in [0.1, 0.15) is 13.8 Å². The maximum Gasteiger partial charge on any atom is 0.0152 e. The van der Waals surface area contributed by atoms with Crippen LogP contribution in [0.3, 0.4) is 0 Å². The molecule has 0 atom stereocenters. The van der Waals surface area contributed by atoms with Crippen molar-refractivity contribution < 1.29 is 0 Å². The summed E-state index contributed by atoms with van der Waals surface area (Å²) in [7, 11) is 4.05. The fourth-order valence-corrected chi connectivity index (χ4v) is 0.719. The molecule has 0 aliphatic rings. The van der Waals surface area contributed by atoms with Crippen LogP contribution in [-0.2, 0) is 0 Å². The maximum absolute atomic E-state index is 3.33. The van der Waals surface area contributed by atoms with Gasteiger partial charge in [-0.2, -0.15) is 0 Å². The van der Waals surface area contributed by atoms with Crippen molar-refractivity contribution in [3.63, 3.8) is 0 Å². The Bertz CT molecular complexity index is 106. The minimum Gasteiger partial charge on any atom is -0.384 e. The molecule has 66 valence electrons. The standard InChI is InChI=1S/C9H20N2/c1-9(2)8-10-6-5-7-11(3)4/h5,7,9-10H,6,8H2,1-4H3. The molecular weight excluding hydrogens is 136 g/mol. The summed E-state index contributed by atoms with van der Waals surface area (Å²) in [6, 6.07) is 0. The fraction of sp³-hybridized carbons (Fsp3) is 0.778. The predicted octanol–water partition coefficient (Wildman–Crippen LogP) is 1.31. The minimum absolute atomic E-state index is 0.739. The lowest BCUT2D eigenvalue weighted by Crippen LogP contribution is -2.19. The third-order valence-corrected chi connectivity index (χ3v) is 1.22. The fourth-order valence-electron chi connectivity index (χ4n) is 0.719. The van der Waals surface area contributed by atoms with Gasteiger partial charge in [0.05, 0.1) is 0 Å². The quantitative estimate of drug-likeness (QED) is 0.604. The van der Waals surface area contributed by atoms with Crippen molar-refractivity contribution in [3.8, 4) is 0 Å².